The van der Waals surface area contributed by atoms with E-state index >= 15 is 0 Å². The van der Waals surface area contributed by atoms with Gasteiger partial charge in [0.25, 0.3) is 15.7 Å². The number of rotatable bonds is 6. The SMILES string of the molecule is CCN(c1ccccc1)S(=O)(=O)c1ccc(N2CCOC3CCCCC32)c([N+](=O)[O-])c1. The molecule has 2 atom stereocenters. The number of sulfonamides is 1. The number of ether oxygens (including phenoxy) is 1. The molecule has 9 heteroatoms. The van der Waals surface area contributed by atoms with E-state index in [9.17, 15) is 18.5 Å². The summed E-state index contributed by atoms with van der Waals surface area (Å²) in [5.74, 6) is 0. The number of para-hydroxylation sites is 1. The minimum Gasteiger partial charge on any atom is -0.374 e. The highest BCUT2D eigenvalue weighted by molar-refractivity contribution is 7.92. The molecule has 1 aliphatic heterocycles. The van der Waals surface area contributed by atoms with Gasteiger partial charge in [-0.2, -0.15) is 0 Å². The Hall–Kier alpha value is -2.65. The monoisotopic (exact) mass is 445 g/mol. The van der Waals surface area contributed by atoms with Crippen LogP contribution in [0.5, 0.6) is 0 Å². The Morgan fingerprint density at radius 2 is 1.90 bits per heavy atom. The van der Waals surface area contributed by atoms with Crippen molar-refractivity contribution in [2.45, 2.75) is 49.6 Å². The summed E-state index contributed by atoms with van der Waals surface area (Å²) >= 11 is 0. The lowest BCUT2D eigenvalue weighted by atomic mass is 9.89. The lowest BCUT2D eigenvalue weighted by Crippen LogP contribution is -2.53. The van der Waals surface area contributed by atoms with Gasteiger partial charge >= 0.3 is 0 Å². The van der Waals surface area contributed by atoms with Gasteiger partial charge in [0, 0.05) is 19.2 Å². The predicted molar refractivity (Wildman–Crippen MR) is 119 cm³/mol. The van der Waals surface area contributed by atoms with Gasteiger partial charge in [-0.15, -0.1) is 0 Å². The molecular formula is C22H27N3O5S. The molecule has 4 rings (SSSR count). The number of hydrogen-bond acceptors (Lipinski definition) is 6. The van der Waals surface area contributed by atoms with Crippen molar-refractivity contribution in [2.75, 3.05) is 28.9 Å². The number of fused-ring (bicyclic) bond motifs is 1. The molecule has 1 aliphatic carbocycles. The van der Waals surface area contributed by atoms with Crippen LogP contribution in [-0.2, 0) is 14.8 Å². The lowest BCUT2D eigenvalue weighted by Gasteiger charge is -2.44. The van der Waals surface area contributed by atoms with Crippen molar-refractivity contribution >= 4 is 27.1 Å². The average Bonchev–Trinajstić information content (AvgIpc) is 2.79. The van der Waals surface area contributed by atoms with Crippen LogP contribution >= 0.6 is 0 Å². The Morgan fingerprint density at radius 1 is 1.16 bits per heavy atom. The first-order valence-corrected chi connectivity index (χ1v) is 12.1. The van der Waals surface area contributed by atoms with E-state index in [0.29, 0.717) is 24.5 Å². The molecule has 2 unspecified atom stereocenters. The van der Waals surface area contributed by atoms with Gasteiger partial charge < -0.3 is 9.64 Å². The Balaban J connectivity index is 1.73. The van der Waals surface area contributed by atoms with Gasteiger partial charge in [0.15, 0.2) is 0 Å². The van der Waals surface area contributed by atoms with E-state index in [-0.39, 0.29) is 29.3 Å². The van der Waals surface area contributed by atoms with Crippen molar-refractivity contribution in [1.29, 1.82) is 0 Å². The molecule has 2 fully saturated rings. The normalized spacial score (nSPS) is 21.4. The quantitative estimate of drug-likeness (QED) is 0.494. The molecule has 1 saturated carbocycles. The highest BCUT2D eigenvalue weighted by Gasteiger charge is 2.37. The summed E-state index contributed by atoms with van der Waals surface area (Å²) in [5.41, 5.74) is 0.804. The Morgan fingerprint density at radius 3 is 2.61 bits per heavy atom. The van der Waals surface area contributed by atoms with Crippen LogP contribution in [0.25, 0.3) is 0 Å². The van der Waals surface area contributed by atoms with Crippen LogP contribution in [0.1, 0.15) is 32.6 Å². The zero-order chi connectivity index (χ0) is 22.0. The van der Waals surface area contributed by atoms with Crippen molar-refractivity contribution in [3.05, 3.63) is 58.6 Å². The molecule has 0 amide bonds. The maximum absolute atomic E-state index is 13.3. The highest BCUT2D eigenvalue weighted by atomic mass is 32.2. The third-order valence-corrected chi connectivity index (χ3v) is 8.00. The smallest absolute Gasteiger partial charge is 0.293 e. The van der Waals surface area contributed by atoms with Gasteiger partial charge in [-0.3, -0.25) is 14.4 Å². The molecular weight excluding hydrogens is 418 g/mol. The molecule has 0 radical (unpaired) electrons. The second-order valence-corrected chi connectivity index (χ2v) is 9.73. The molecule has 0 spiro atoms. The molecule has 0 N–H and O–H groups in total. The van der Waals surface area contributed by atoms with Crippen LogP contribution in [-0.4, -0.2) is 45.2 Å². The number of anilines is 2. The predicted octanol–water partition coefficient (Wildman–Crippen LogP) is 3.96. The Bertz CT molecular complexity index is 1040. The first-order chi connectivity index (χ1) is 14.9. The summed E-state index contributed by atoms with van der Waals surface area (Å²) in [4.78, 5) is 13.4. The van der Waals surface area contributed by atoms with Crippen molar-refractivity contribution < 1.29 is 18.1 Å². The molecule has 2 aromatic rings. The van der Waals surface area contributed by atoms with Crippen LogP contribution in [0.15, 0.2) is 53.4 Å². The van der Waals surface area contributed by atoms with Crippen molar-refractivity contribution in [2.24, 2.45) is 0 Å². The first-order valence-electron chi connectivity index (χ1n) is 10.7. The molecule has 1 heterocycles. The van der Waals surface area contributed by atoms with Gasteiger partial charge in [-0.05, 0) is 44.0 Å². The number of benzene rings is 2. The zero-order valence-electron chi connectivity index (χ0n) is 17.5. The highest BCUT2D eigenvalue weighted by Crippen LogP contribution is 2.38. The number of hydrogen-bond donors (Lipinski definition) is 0. The van der Waals surface area contributed by atoms with E-state index in [4.69, 9.17) is 4.74 Å². The van der Waals surface area contributed by atoms with Gasteiger partial charge in [0.2, 0.25) is 0 Å². The van der Waals surface area contributed by atoms with Crippen molar-refractivity contribution in [1.82, 2.24) is 0 Å². The number of morpholine rings is 1. The average molecular weight is 446 g/mol. The fourth-order valence-electron chi connectivity index (χ4n) is 4.66. The van der Waals surface area contributed by atoms with Crippen LogP contribution in [0.2, 0.25) is 0 Å². The molecule has 1 saturated heterocycles. The summed E-state index contributed by atoms with van der Waals surface area (Å²) in [6, 6.07) is 13.1. The summed E-state index contributed by atoms with van der Waals surface area (Å²) in [5, 5.41) is 12.0. The van der Waals surface area contributed by atoms with Gasteiger partial charge in [0.1, 0.15) is 5.69 Å². The fourth-order valence-corrected chi connectivity index (χ4v) is 6.16. The zero-order valence-corrected chi connectivity index (χ0v) is 18.3. The molecule has 8 nitrogen and oxygen atoms in total. The van der Waals surface area contributed by atoms with E-state index in [1.807, 2.05) is 11.0 Å². The molecule has 2 aromatic carbocycles. The van der Waals surface area contributed by atoms with Gasteiger partial charge in [-0.1, -0.05) is 31.0 Å². The standard InChI is InChI=1S/C22H27N3O5S/c1-2-24(17-8-4-3-5-9-17)31(28,29)18-12-13-19(21(16-18)25(26)27)23-14-15-30-22-11-7-6-10-20(22)23/h3-5,8-9,12-13,16,20,22H,2,6-7,10-11,14-15H2,1H3. The minimum atomic E-state index is -3.95. The third-order valence-electron chi connectivity index (χ3n) is 6.10. The summed E-state index contributed by atoms with van der Waals surface area (Å²) < 4.78 is 33.8. The van der Waals surface area contributed by atoms with Crippen LogP contribution in [0.3, 0.4) is 0 Å². The third kappa shape index (κ3) is 4.12. The second-order valence-electron chi connectivity index (χ2n) is 7.87. The Labute approximate surface area is 182 Å². The molecule has 0 bridgehead atoms. The van der Waals surface area contributed by atoms with Crippen molar-refractivity contribution in [3.8, 4) is 0 Å². The molecule has 2 aliphatic rings. The fraction of sp³-hybridized carbons (Fsp3) is 0.455. The maximum atomic E-state index is 13.3. The lowest BCUT2D eigenvalue weighted by molar-refractivity contribution is -0.384. The Kier molecular flexibility index (Phi) is 6.15. The van der Waals surface area contributed by atoms with E-state index in [1.54, 1.807) is 37.3 Å². The molecule has 31 heavy (non-hydrogen) atoms. The maximum Gasteiger partial charge on any atom is 0.293 e. The summed E-state index contributed by atoms with van der Waals surface area (Å²) in [7, 11) is -3.95. The number of nitro groups is 1. The molecule has 166 valence electrons. The van der Waals surface area contributed by atoms with Gasteiger partial charge in [0.05, 0.1) is 34.3 Å². The van der Waals surface area contributed by atoms with E-state index < -0.39 is 14.9 Å². The van der Waals surface area contributed by atoms with Crippen LogP contribution in [0.4, 0.5) is 17.1 Å². The first kappa shape index (κ1) is 21.6. The second kappa shape index (κ2) is 8.84. The largest absolute Gasteiger partial charge is 0.374 e. The van der Waals surface area contributed by atoms with E-state index in [2.05, 4.69) is 0 Å². The van der Waals surface area contributed by atoms with E-state index in [1.165, 1.54) is 16.4 Å². The van der Waals surface area contributed by atoms with E-state index in [0.717, 1.165) is 25.7 Å². The van der Waals surface area contributed by atoms with Gasteiger partial charge in [-0.25, -0.2) is 8.42 Å². The minimum absolute atomic E-state index is 0.0687. The summed E-state index contributed by atoms with van der Waals surface area (Å²) in [6.07, 6.45) is 4.09. The number of nitrogens with zero attached hydrogens (tertiary/aromatic N) is 3. The van der Waals surface area contributed by atoms with Crippen LogP contribution in [0, 0.1) is 10.1 Å². The molecule has 0 aromatic heterocycles. The van der Waals surface area contributed by atoms with Crippen molar-refractivity contribution in [3.63, 3.8) is 0 Å². The number of nitro benzene ring substituents is 1. The topological polar surface area (TPSA) is 93.0 Å². The van der Waals surface area contributed by atoms with Crippen LogP contribution < -0.4 is 9.21 Å². The summed E-state index contributed by atoms with van der Waals surface area (Å²) in [6.45, 7) is 3.02.